The predicted octanol–water partition coefficient (Wildman–Crippen LogP) is 4.46. The van der Waals surface area contributed by atoms with E-state index < -0.39 is 0 Å². The Morgan fingerprint density at radius 3 is 2.67 bits per heavy atom. The molecule has 2 nitrogen and oxygen atoms in total. The van der Waals surface area contributed by atoms with Gasteiger partial charge in [-0.05, 0) is 56.2 Å². The Morgan fingerprint density at radius 2 is 1.90 bits per heavy atom. The van der Waals surface area contributed by atoms with Crippen molar-refractivity contribution in [3.8, 4) is 0 Å². The van der Waals surface area contributed by atoms with E-state index >= 15 is 0 Å². The maximum atomic E-state index is 3.78. The molecule has 2 heteroatoms. The van der Waals surface area contributed by atoms with Gasteiger partial charge >= 0.3 is 0 Å². The number of para-hydroxylation sites is 1. The first-order valence-electron chi connectivity index (χ1n) is 8.56. The van der Waals surface area contributed by atoms with Gasteiger partial charge in [0.2, 0.25) is 0 Å². The molecule has 1 N–H and O–H groups in total. The van der Waals surface area contributed by atoms with Crippen molar-refractivity contribution in [3.05, 3.63) is 30.3 Å². The van der Waals surface area contributed by atoms with E-state index in [1.165, 1.54) is 44.2 Å². The van der Waals surface area contributed by atoms with E-state index in [1.54, 1.807) is 0 Å². The highest BCUT2D eigenvalue weighted by atomic mass is 15.1. The smallest absolute Gasteiger partial charge is 0.0363 e. The van der Waals surface area contributed by atoms with Crippen LogP contribution in [0, 0.1) is 5.41 Å². The summed E-state index contributed by atoms with van der Waals surface area (Å²) in [7, 11) is 2.18. The van der Waals surface area contributed by atoms with Gasteiger partial charge in [0.25, 0.3) is 0 Å². The lowest BCUT2D eigenvalue weighted by Gasteiger charge is -2.23. The van der Waals surface area contributed by atoms with Crippen LogP contribution in [0.2, 0.25) is 0 Å². The van der Waals surface area contributed by atoms with Crippen LogP contribution in [0.3, 0.4) is 0 Å². The molecule has 1 aromatic rings. The Morgan fingerprint density at radius 1 is 1.14 bits per heavy atom. The molecule has 1 aliphatic carbocycles. The average Bonchev–Trinajstić information content (AvgIpc) is 2.65. The largest absolute Gasteiger partial charge is 0.375 e. The van der Waals surface area contributed by atoms with Crippen LogP contribution in [0.1, 0.15) is 52.4 Å². The molecule has 118 valence electrons. The fourth-order valence-corrected chi connectivity index (χ4v) is 3.30. The van der Waals surface area contributed by atoms with Crippen molar-refractivity contribution in [3.63, 3.8) is 0 Å². The van der Waals surface area contributed by atoms with E-state index in [4.69, 9.17) is 0 Å². The predicted molar refractivity (Wildman–Crippen MR) is 93.0 cm³/mol. The summed E-state index contributed by atoms with van der Waals surface area (Å²) >= 11 is 0. The van der Waals surface area contributed by atoms with E-state index in [0.717, 1.165) is 19.1 Å². The molecule has 0 saturated heterocycles. The van der Waals surface area contributed by atoms with E-state index in [-0.39, 0.29) is 0 Å². The molecule has 1 saturated carbocycles. The molecule has 0 heterocycles. The summed E-state index contributed by atoms with van der Waals surface area (Å²) in [5.41, 5.74) is 1.87. The van der Waals surface area contributed by atoms with E-state index in [9.17, 15) is 0 Å². The normalized spacial score (nSPS) is 21.8. The number of hydrogen-bond donors (Lipinski definition) is 1. The summed E-state index contributed by atoms with van der Waals surface area (Å²) in [5.74, 6) is 0. The molecule has 0 aliphatic heterocycles. The molecule has 1 aromatic carbocycles. The van der Waals surface area contributed by atoms with Crippen LogP contribution < -0.4 is 10.2 Å². The van der Waals surface area contributed by atoms with Gasteiger partial charge in [0.15, 0.2) is 0 Å². The fraction of sp³-hybridized carbons (Fsp3) is 0.684. The van der Waals surface area contributed by atoms with Gasteiger partial charge < -0.3 is 10.2 Å². The van der Waals surface area contributed by atoms with Gasteiger partial charge in [-0.1, -0.05) is 38.5 Å². The van der Waals surface area contributed by atoms with Crippen molar-refractivity contribution in [2.45, 2.75) is 58.4 Å². The zero-order valence-corrected chi connectivity index (χ0v) is 14.1. The van der Waals surface area contributed by atoms with E-state index in [2.05, 4.69) is 61.4 Å². The Bertz CT molecular complexity index is 399. The zero-order valence-electron chi connectivity index (χ0n) is 14.1. The molecular weight excluding hydrogens is 256 g/mol. The van der Waals surface area contributed by atoms with Crippen LogP contribution in [0.25, 0.3) is 0 Å². The molecule has 0 amide bonds. The van der Waals surface area contributed by atoms with Crippen molar-refractivity contribution in [1.29, 1.82) is 0 Å². The van der Waals surface area contributed by atoms with Crippen molar-refractivity contribution >= 4 is 5.69 Å². The second-order valence-corrected chi connectivity index (χ2v) is 7.36. The van der Waals surface area contributed by atoms with Gasteiger partial charge in [-0.25, -0.2) is 0 Å². The van der Waals surface area contributed by atoms with Gasteiger partial charge in [0, 0.05) is 25.3 Å². The van der Waals surface area contributed by atoms with Crippen LogP contribution >= 0.6 is 0 Å². The first kappa shape index (κ1) is 16.4. The molecule has 1 atom stereocenters. The second kappa shape index (κ2) is 7.84. The van der Waals surface area contributed by atoms with Crippen molar-refractivity contribution in [2.24, 2.45) is 5.41 Å². The van der Waals surface area contributed by atoms with Gasteiger partial charge in [-0.15, -0.1) is 0 Å². The summed E-state index contributed by atoms with van der Waals surface area (Å²) < 4.78 is 0. The summed E-state index contributed by atoms with van der Waals surface area (Å²) in [4.78, 5) is 2.35. The Kier molecular flexibility index (Phi) is 6.10. The Hall–Kier alpha value is -1.02. The lowest BCUT2D eigenvalue weighted by Crippen LogP contribution is -2.31. The van der Waals surface area contributed by atoms with Gasteiger partial charge in [0.1, 0.15) is 0 Å². The second-order valence-electron chi connectivity index (χ2n) is 7.36. The van der Waals surface area contributed by atoms with Crippen LogP contribution in [0.5, 0.6) is 0 Å². The minimum Gasteiger partial charge on any atom is -0.375 e. The summed E-state index contributed by atoms with van der Waals surface area (Å²) in [6.07, 6.45) is 8.07. The van der Waals surface area contributed by atoms with E-state index in [1.807, 2.05) is 0 Å². The van der Waals surface area contributed by atoms with Crippen molar-refractivity contribution in [1.82, 2.24) is 5.32 Å². The summed E-state index contributed by atoms with van der Waals surface area (Å²) in [6.45, 7) is 7.10. The third kappa shape index (κ3) is 5.70. The number of nitrogens with one attached hydrogen (secondary N) is 1. The fourth-order valence-electron chi connectivity index (χ4n) is 3.30. The van der Waals surface area contributed by atoms with Crippen molar-refractivity contribution in [2.75, 3.05) is 25.0 Å². The molecule has 0 aromatic heterocycles. The SMILES string of the molecule is CN(CCCNC1CCCC(C)(C)CC1)c1ccccc1. The van der Waals surface area contributed by atoms with Gasteiger partial charge in [0.05, 0.1) is 0 Å². The lowest BCUT2D eigenvalue weighted by atomic mass is 9.85. The molecule has 1 fully saturated rings. The maximum absolute atomic E-state index is 3.78. The standard InChI is InChI=1S/C19H32N2/c1-19(2)13-7-9-17(12-14-19)20-15-8-16-21(3)18-10-5-4-6-11-18/h4-6,10-11,17,20H,7-9,12-16H2,1-3H3. The zero-order chi connectivity index (χ0) is 15.1. The minimum atomic E-state index is 0.559. The lowest BCUT2D eigenvalue weighted by molar-refractivity contribution is 0.310. The van der Waals surface area contributed by atoms with Gasteiger partial charge in [-0.3, -0.25) is 0 Å². The molecule has 0 radical (unpaired) electrons. The first-order valence-corrected chi connectivity index (χ1v) is 8.56. The Balaban J connectivity index is 1.63. The monoisotopic (exact) mass is 288 g/mol. The number of anilines is 1. The minimum absolute atomic E-state index is 0.559. The highest BCUT2D eigenvalue weighted by Crippen LogP contribution is 2.33. The third-order valence-corrected chi connectivity index (χ3v) is 4.88. The third-order valence-electron chi connectivity index (χ3n) is 4.88. The topological polar surface area (TPSA) is 15.3 Å². The quantitative estimate of drug-likeness (QED) is 0.614. The number of benzene rings is 1. The first-order chi connectivity index (χ1) is 10.1. The number of hydrogen-bond acceptors (Lipinski definition) is 2. The molecule has 21 heavy (non-hydrogen) atoms. The Labute approximate surface area is 130 Å². The summed E-state index contributed by atoms with van der Waals surface area (Å²) in [6, 6.07) is 11.4. The average molecular weight is 288 g/mol. The number of rotatable bonds is 6. The van der Waals surface area contributed by atoms with Crippen LogP contribution in [0.15, 0.2) is 30.3 Å². The van der Waals surface area contributed by atoms with Crippen LogP contribution in [-0.2, 0) is 0 Å². The van der Waals surface area contributed by atoms with Gasteiger partial charge in [-0.2, -0.15) is 0 Å². The molecule has 1 aliphatic rings. The molecule has 2 rings (SSSR count). The molecule has 0 bridgehead atoms. The molecule has 1 unspecified atom stereocenters. The summed E-state index contributed by atoms with van der Waals surface area (Å²) in [5, 5.41) is 3.78. The molecule has 0 spiro atoms. The highest BCUT2D eigenvalue weighted by Gasteiger charge is 2.23. The van der Waals surface area contributed by atoms with Crippen molar-refractivity contribution < 1.29 is 0 Å². The maximum Gasteiger partial charge on any atom is 0.0363 e. The molecular formula is C19H32N2. The van der Waals surface area contributed by atoms with E-state index in [0.29, 0.717) is 5.41 Å². The highest BCUT2D eigenvalue weighted by molar-refractivity contribution is 5.44. The number of nitrogens with zero attached hydrogens (tertiary/aromatic N) is 1. The van der Waals surface area contributed by atoms with Crippen LogP contribution in [-0.4, -0.2) is 26.2 Å². The van der Waals surface area contributed by atoms with Crippen LogP contribution in [0.4, 0.5) is 5.69 Å².